The van der Waals surface area contributed by atoms with Crippen molar-refractivity contribution in [2.75, 3.05) is 27.0 Å². The highest BCUT2D eigenvalue weighted by Crippen LogP contribution is 2.51. The molecule has 0 saturated carbocycles. The van der Waals surface area contributed by atoms with E-state index in [9.17, 15) is 54.2 Å². The third-order valence-electron chi connectivity index (χ3n) is 11.2. The second-order valence-electron chi connectivity index (χ2n) is 16.3. The number of benzene rings is 8. The molecule has 0 fully saturated rings. The van der Waals surface area contributed by atoms with Gasteiger partial charge in [-0.2, -0.15) is 40.6 Å². The van der Waals surface area contributed by atoms with Gasteiger partial charge in [0.1, 0.15) is 60.3 Å². The standard InChI is InChI=1S/C28H23N7O15S4.C18H16N2O8S2/c1-30-33-26-21(54(43,44)45)10-13-9-18(51-49-47-38)24(23(29)22(13)28(26)37)34-31-14-3-5-16-12(7-14)8-19(52-50-48-39)25(27(16)36)35-32-17-6-4-15(46-2)11-20(17)53(40,41)42;1-10-3-5-13-11(7-10)8-16(30(23,24)25)17(18(13)21)20-19-14-6-4-12(26-2)9-15(14)29-28-27-22/h3-11,36-39H,29H2,1-2H3,(H,40,41,42)(H,43,44,45);3-9,21-22H,1-2H3,(H,23,24,25). The summed E-state index contributed by atoms with van der Waals surface area (Å²) in [5.74, 6) is -1.18. The van der Waals surface area contributed by atoms with Crippen molar-refractivity contribution in [2.24, 2.45) is 40.9 Å². The number of fused-ring (bicyclic) bond motifs is 3. The lowest BCUT2D eigenvalue weighted by molar-refractivity contribution is -0.432. The molecule has 8 rings (SSSR count). The number of rotatable bonds is 21. The molecule has 32 nitrogen and oxygen atoms in total. The Morgan fingerprint density at radius 3 is 1.52 bits per heavy atom. The summed E-state index contributed by atoms with van der Waals surface area (Å²) in [5.41, 5.74) is 5.42. The van der Waals surface area contributed by atoms with Gasteiger partial charge in [0.2, 0.25) is 0 Å². The number of hydrogen-bond acceptors (Lipinski definition) is 32. The number of azo groups is 4. The molecule has 38 heteroatoms. The number of nitrogens with zero attached hydrogens (tertiary/aromatic N) is 8. The lowest BCUT2D eigenvalue weighted by Crippen LogP contribution is -2.00. The molecule has 0 aromatic heterocycles. The Hall–Kier alpha value is -7.84. The van der Waals surface area contributed by atoms with Crippen LogP contribution < -0.4 is 15.2 Å². The molecule has 0 bridgehead atoms. The summed E-state index contributed by atoms with van der Waals surface area (Å²) in [4.78, 5) is -1.77. The summed E-state index contributed by atoms with van der Waals surface area (Å²) in [5, 5.41) is 102. The molecule has 0 heterocycles. The van der Waals surface area contributed by atoms with E-state index in [0.29, 0.717) is 57.5 Å². The lowest BCUT2D eigenvalue weighted by Gasteiger charge is -2.14. The number of hydrogen-bond donors (Lipinski definition) is 10. The minimum atomic E-state index is -4.92. The van der Waals surface area contributed by atoms with Crippen LogP contribution in [0, 0.1) is 6.92 Å². The average Bonchev–Trinajstić information content (AvgIpc) is 2.02. The molecule has 0 atom stereocenters. The van der Waals surface area contributed by atoms with E-state index < -0.39 is 73.7 Å². The predicted octanol–water partition coefficient (Wildman–Crippen LogP) is 12.8. The number of nitrogen functional groups attached to an aromatic ring is 1. The molecule has 0 aliphatic heterocycles. The zero-order chi connectivity index (χ0) is 61.3. The number of aromatic hydroxyl groups is 3. The summed E-state index contributed by atoms with van der Waals surface area (Å²) in [7, 11) is -10.5. The van der Waals surface area contributed by atoms with Gasteiger partial charge in [0.25, 0.3) is 30.4 Å². The molecule has 0 saturated heterocycles. The molecule has 84 heavy (non-hydrogen) atoms. The quantitative estimate of drug-likeness (QED) is 0.00797. The predicted molar refractivity (Wildman–Crippen MR) is 296 cm³/mol. The van der Waals surface area contributed by atoms with E-state index in [1.54, 1.807) is 31.2 Å². The number of phenolic OH excluding ortho intramolecular Hbond substituents is 3. The van der Waals surface area contributed by atoms with Gasteiger partial charge in [-0.3, -0.25) is 13.7 Å². The highest BCUT2D eigenvalue weighted by molar-refractivity contribution is 7.95. The molecule has 8 aromatic carbocycles. The van der Waals surface area contributed by atoms with Crippen LogP contribution in [0.1, 0.15) is 5.56 Å². The lowest BCUT2D eigenvalue weighted by atomic mass is 10.1. The van der Waals surface area contributed by atoms with Crippen LogP contribution in [0.5, 0.6) is 28.7 Å². The third-order valence-corrected chi connectivity index (χ3v) is 15.7. The van der Waals surface area contributed by atoms with Gasteiger partial charge in [0.15, 0.2) is 17.2 Å². The van der Waals surface area contributed by atoms with Gasteiger partial charge in [0, 0.05) is 23.9 Å². The fourth-order valence-corrected chi connectivity index (χ4v) is 11.0. The maximum absolute atomic E-state index is 12.1. The van der Waals surface area contributed by atoms with Gasteiger partial charge < -0.3 is 30.5 Å². The molecule has 8 aromatic rings. The first kappa shape index (κ1) is 63.7. The maximum Gasteiger partial charge on any atom is 0.296 e. The van der Waals surface area contributed by atoms with Crippen LogP contribution in [0.2, 0.25) is 0 Å². The second kappa shape index (κ2) is 27.3. The van der Waals surface area contributed by atoms with Crippen molar-refractivity contribution < 1.29 is 108 Å². The van der Waals surface area contributed by atoms with E-state index in [0.717, 1.165) is 17.7 Å². The minimum Gasteiger partial charge on any atom is -0.505 e. The SMILES string of the molecule is CN=Nc1c(S(=O)(=O)O)cc2cc(SOOO)c(N=Nc3ccc4c(O)c(N=Nc5ccc(OC)cc5S(=O)(=O)O)c(SOOO)cc4c3)c(N)c2c1O.COc1ccc(N=Nc2c(S(=O)(=O)O)cc3cc(C)ccc3c2O)c(SOOO)c1. The topological polar surface area (TPSA) is 483 Å². The Morgan fingerprint density at radius 1 is 0.464 bits per heavy atom. The van der Waals surface area contributed by atoms with Crippen LogP contribution in [0.4, 0.5) is 45.5 Å². The molecule has 0 aliphatic carbocycles. The minimum absolute atomic E-state index is 0.0211. The monoisotopic (exact) mass is 1280 g/mol. The zero-order valence-electron chi connectivity index (χ0n) is 42.6. The smallest absolute Gasteiger partial charge is 0.296 e. The Kier molecular flexibility index (Phi) is 20.7. The third kappa shape index (κ3) is 14.7. The van der Waals surface area contributed by atoms with Crippen molar-refractivity contribution in [2.45, 2.75) is 36.3 Å². The van der Waals surface area contributed by atoms with Crippen LogP contribution >= 0.6 is 36.1 Å². The molecule has 0 radical (unpaired) electrons. The van der Waals surface area contributed by atoms with Crippen LogP contribution in [-0.4, -0.2) is 91.3 Å². The first-order valence-corrected chi connectivity index (χ1v) is 28.9. The fraction of sp³-hybridized carbons (Fsp3) is 0.0870. The summed E-state index contributed by atoms with van der Waals surface area (Å²) >= 11 is 1.34. The van der Waals surface area contributed by atoms with Crippen molar-refractivity contribution in [1.29, 1.82) is 0 Å². The Bertz CT molecular complexity index is 4330. The van der Waals surface area contributed by atoms with E-state index in [1.807, 2.05) is 0 Å². The second-order valence-corrected chi connectivity index (χ2v) is 22.6. The normalized spacial score (nSPS) is 12.4. The van der Waals surface area contributed by atoms with Gasteiger partial charge in [-0.05, 0) is 95.9 Å². The molecular weight excluding hydrogens is 1240 g/mol. The Balaban J connectivity index is 0.000000284. The van der Waals surface area contributed by atoms with Gasteiger partial charge in [-0.25, -0.2) is 15.8 Å². The number of ether oxygens (including phenoxy) is 2. The van der Waals surface area contributed by atoms with Crippen molar-refractivity contribution in [3.8, 4) is 28.7 Å². The summed E-state index contributed by atoms with van der Waals surface area (Å²) in [6, 6.07) is 22.2. The van der Waals surface area contributed by atoms with E-state index >= 15 is 0 Å². The van der Waals surface area contributed by atoms with Crippen molar-refractivity contribution >= 4 is 144 Å². The fourth-order valence-electron chi connectivity index (χ4n) is 7.55. The first-order chi connectivity index (χ1) is 39.9. The zero-order valence-corrected chi connectivity index (χ0v) is 47.5. The average molecular weight is 1280 g/mol. The van der Waals surface area contributed by atoms with Gasteiger partial charge in [-0.15, -0.1) is 38.6 Å². The molecule has 442 valence electrons. The van der Waals surface area contributed by atoms with Crippen LogP contribution in [-0.2, 0) is 58.5 Å². The van der Waals surface area contributed by atoms with Crippen LogP contribution in [0.25, 0.3) is 32.3 Å². The number of phenols is 3. The maximum atomic E-state index is 12.1. The molecule has 0 aliphatic rings. The van der Waals surface area contributed by atoms with Crippen molar-refractivity contribution in [1.82, 2.24) is 0 Å². The number of nitrogens with two attached hydrogens (primary N) is 1. The number of methoxy groups -OCH3 is 2. The van der Waals surface area contributed by atoms with Crippen LogP contribution in [0.15, 0.2) is 167 Å². The molecule has 11 N–H and O–H groups in total. The Labute approximate surface area is 484 Å². The van der Waals surface area contributed by atoms with Gasteiger partial charge in [0.05, 0.1) is 81.8 Å². The van der Waals surface area contributed by atoms with E-state index in [4.69, 9.17) is 31.0 Å². The van der Waals surface area contributed by atoms with E-state index in [2.05, 4.69) is 69.0 Å². The molecule has 0 unspecified atom stereocenters. The molecule has 0 spiro atoms. The Morgan fingerprint density at radius 2 is 0.940 bits per heavy atom. The largest absolute Gasteiger partial charge is 0.505 e. The highest BCUT2D eigenvalue weighted by Gasteiger charge is 2.27. The van der Waals surface area contributed by atoms with Crippen LogP contribution in [0.3, 0.4) is 0 Å². The van der Waals surface area contributed by atoms with E-state index in [-0.39, 0.29) is 71.2 Å². The summed E-state index contributed by atoms with van der Waals surface area (Å²) < 4.78 is 125. The highest BCUT2D eigenvalue weighted by atomic mass is 32.2. The molecule has 0 amide bonds. The first-order valence-electron chi connectivity index (χ1n) is 22.3. The van der Waals surface area contributed by atoms with Crippen molar-refractivity contribution in [3.05, 3.63) is 103 Å². The molecular formula is C46H39N9O23S6. The van der Waals surface area contributed by atoms with Crippen molar-refractivity contribution in [3.63, 3.8) is 0 Å². The summed E-state index contributed by atoms with van der Waals surface area (Å²) in [6.07, 6.45) is 0. The number of anilines is 1. The summed E-state index contributed by atoms with van der Waals surface area (Å²) in [6.45, 7) is 1.80. The van der Waals surface area contributed by atoms with Gasteiger partial charge >= 0.3 is 0 Å². The van der Waals surface area contributed by atoms with E-state index in [1.165, 1.54) is 81.9 Å². The van der Waals surface area contributed by atoms with Gasteiger partial charge in [-0.1, -0.05) is 38.9 Å². The number of aryl methyl sites for hydroxylation is 1.